The van der Waals surface area contributed by atoms with Gasteiger partial charge in [0.15, 0.2) is 0 Å². The fraction of sp³-hybridized carbons (Fsp3) is 0.304. The number of rotatable bonds is 5. The Balaban J connectivity index is 2.08. The van der Waals surface area contributed by atoms with Crippen molar-refractivity contribution in [1.82, 2.24) is 9.80 Å². The number of likely N-dealkylation sites (N-methyl/N-ethyl adjacent to an activating group) is 2. The molecule has 0 radical (unpaired) electrons. The molecule has 2 aromatic carbocycles. The van der Waals surface area contributed by atoms with Crippen molar-refractivity contribution in [2.45, 2.75) is 32.2 Å². The van der Waals surface area contributed by atoms with Gasteiger partial charge in [-0.1, -0.05) is 49.4 Å². The summed E-state index contributed by atoms with van der Waals surface area (Å²) in [5, 5.41) is 11.5. The Kier molecular flexibility index (Phi) is 5.73. The van der Waals surface area contributed by atoms with Crippen molar-refractivity contribution < 1.29 is 14.5 Å². The van der Waals surface area contributed by atoms with Gasteiger partial charge < -0.3 is 9.80 Å². The molecule has 1 saturated heterocycles. The first-order chi connectivity index (χ1) is 14.2. The van der Waals surface area contributed by atoms with Gasteiger partial charge in [-0.2, -0.15) is 0 Å². The van der Waals surface area contributed by atoms with E-state index < -0.39 is 10.5 Å². The van der Waals surface area contributed by atoms with Crippen molar-refractivity contribution in [3.63, 3.8) is 0 Å². The zero-order valence-corrected chi connectivity index (χ0v) is 17.6. The first-order valence-corrected chi connectivity index (χ1v) is 9.79. The number of hydrogen-bond donors (Lipinski definition) is 0. The minimum atomic E-state index is -1.01. The zero-order valence-electron chi connectivity index (χ0n) is 17.6. The topological polar surface area (TPSA) is 83.8 Å². The summed E-state index contributed by atoms with van der Waals surface area (Å²) in [5.41, 5.74) is 0.952. The van der Waals surface area contributed by atoms with Gasteiger partial charge in [-0.15, -0.1) is 0 Å². The van der Waals surface area contributed by atoms with Gasteiger partial charge in [0.1, 0.15) is 11.2 Å². The zero-order chi connectivity index (χ0) is 22.1. The van der Waals surface area contributed by atoms with Gasteiger partial charge in [0, 0.05) is 26.6 Å². The number of amides is 2. The molecule has 0 aliphatic carbocycles. The highest BCUT2D eigenvalue weighted by Gasteiger charge is 2.50. The molecule has 1 aliphatic rings. The lowest BCUT2D eigenvalue weighted by Crippen LogP contribution is -2.65. The number of carbonyl (C=O) groups excluding carboxylic acids is 2. The third kappa shape index (κ3) is 3.47. The number of hydrogen-bond acceptors (Lipinski definition) is 4. The summed E-state index contributed by atoms with van der Waals surface area (Å²) >= 11 is 0. The fourth-order valence-electron chi connectivity index (χ4n) is 4.02. The van der Waals surface area contributed by atoms with E-state index in [1.165, 1.54) is 21.9 Å². The van der Waals surface area contributed by atoms with E-state index >= 15 is 0 Å². The molecule has 156 valence electrons. The van der Waals surface area contributed by atoms with Gasteiger partial charge in [-0.3, -0.25) is 19.7 Å². The van der Waals surface area contributed by atoms with Crippen LogP contribution in [0, 0.1) is 17.0 Å². The molecule has 1 fully saturated rings. The highest BCUT2D eigenvalue weighted by molar-refractivity contribution is 6.09. The lowest BCUT2D eigenvalue weighted by molar-refractivity contribution is -0.385. The molecule has 30 heavy (non-hydrogen) atoms. The number of nitro groups is 1. The maximum atomic E-state index is 13.5. The van der Waals surface area contributed by atoms with Crippen LogP contribution in [0.2, 0.25) is 0 Å². The third-order valence-corrected chi connectivity index (χ3v) is 5.93. The highest BCUT2D eigenvalue weighted by atomic mass is 16.6. The summed E-state index contributed by atoms with van der Waals surface area (Å²) in [5.74, 6) is -0.550. The molecule has 0 saturated carbocycles. The molecule has 0 bridgehead atoms. The Bertz CT molecular complexity index is 1030. The molecule has 1 unspecified atom stereocenters. The van der Waals surface area contributed by atoms with Crippen molar-refractivity contribution in [3.05, 3.63) is 81.0 Å². The third-order valence-electron chi connectivity index (χ3n) is 5.93. The molecule has 0 aromatic heterocycles. The molecular weight excluding hydrogens is 382 g/mol. The van der Waals surface area contributed by atoms with Crippen LogP contribution in [0.3, 0.4) is 0 Å². The first-order valence-electron chi connectivity index (χ1n) is 9.79. The second kappa shape index (κ2) is 8.10. The second-order valence-corrected chi connectivity index (χ2v) is 7.57. The predicted molar refractivity (Wildman–Crippen MR) is 115 cm³/mol. The van der Waals surface area contributed by atoms with Gasteiger partial charge in [-0.05, 0) is 30.5 Å². The van der Waals surface area contributed by atoms with Gasteiger partial charge in [-0.25, -0.2) is 0 Å². The van der Waals surface area contributed by atoms with Crippen molar-refractivity contribution in [3.8, 4) is 0 Å². The van der Waals surface area contributed by atoms with Gasteiger partial charge >= 0.3 is 0 Å². The quantitative estimate of drug-likeness (QED) is 0.431. The van der Waals surface area contributed by atoms with Crippen LogP contribution in [0.4, 0.5) is 5.69 Å². The summed E-state index contributed by atoms with van der Waals surface area (Å²) in [7, 11) is 3.18. The summed E-state index contributed by atoms with van der Waals surface area (Å²) in [6.07, 6.45) is 2.30. The maximum absolute atomic E-state index is 13.5. The van der Waals surface area contributed by atoms with Crippen molar-refractivity contribution >= 4 is 23.6 Å². The molecule has 2 aromatic rings. The molecule has 2 amide bonds. The summed E-state index contributed by atoms with van der Waals surface area (Å²) < 4.78 is 0. The van der Waals surface area contributed by atoms with Crippen LogP contribution >= 0.6 is 0 Å². The lowest BCUT2D eigenvalue weighted by atomic mass is 9.82. The molecular formula is C23H25N3O4. The minimum Gasteiger partial charge on any atom is -0.325 e. The number of benzene rings is 2. The van der Waals surface area contributed by atoms with E-state index in [1.807, 2.05) is 37.3 Å². The van der Waals surface area contributed by atoms with E-state index in [0.717, 1.165) is 5.56 Å². The van der Waals surface area contributed by atoms with Crippen molar-refractivity contribution in [2.24, 2.45) is 0 Å². The summed E-state index contributed by atoms with van der Waals surface area (Å²) in [6, 6.07) is 14.3. The first kappa shape index (κ1) is 21.2. The molecule has 0 N–H and O–H groups in total. The van der Waals surface area contributed by atoms with Gasteiger partial charge in [0.25, 0.3) is 17.5 Å². The van der Waals surface area contributed by atoms with E-state index in [-0.39, 0.29) is 23.2 Å². The number of aryl methyl sites for hydroxylation is 1. The SMILES string of the molecule is CCC1(Cc2ccccc2)C(=O)N(C)C(=Cc2c(C)cccc2[N+](=O)[O-])C(=O)N1C. The Morgan fingerprint density at radius 1 is 1.07 bits per heavy atom. The van der Waals surface area contributed by atoms with Crippen LogP contribution in [0.15, 0.2) is 54.2 Å². The number of nitro benzene ring substituents is 1. The maximum Gasteiger partial charge on any atom is 0.276 e. The fourth-order valence-corrected chi connectivity index (χ4v) is 4.02. The molecule has 3 rings (SSSR count). The largest absolute Gasteiger partial charge is 0.325 e. The Hall–Kier alpha value is -3.48. The van der Waals surface area contributed by atoms with Crippen LogP contribution in [0.5, 0.6) is 0 Å². The standard InChI is InChI=1S/C23H25N3O4/c1-5-23(15-17-11-7-6-8-12-17)22(28)24(3)20(21(27)25(23)4)14-18-16(2)10-9-13-19(18)26(29)30/h6-14H,5,15H2,1-4H3. The predicted octanol–water partition coefficient (Wildman–Crippen LogP) is 3.57. The summed E-state index contributed by atoms with van der Waals surface area (Å²) in [4.78, 5) is 40.6. The normalized spacial score (nSPS) is 20.7. The average molecular weight is 407 g/mol. The number of carbonyl (C=O) groups is 2. The Morgan fingerprint density at radius 3 is 2.33 bits per heavy atom. The van der Waals surface area contributed by atoms with Crippen LogP contribution in [0.25, 0.3) is 6.08 Å². The molecule has 7 nitrogen and oxygen atoms in total. The lowest BCUT2D eigenvalue weighted by Gasteiger charge is -2.47. The smallest absolute Gasteiger partial charge is 0.276 e. The van der Waals surface area contributed by atoms with E-state index in [1.54, 1.807) is 33.2 Å². The van der Waals surface area contributed by atoms with Gasteiger partial charge in [0.2, 0.25) is 0 Å². The highest BCUT2D eigenvalue weighted by Crippen LogP contribution is 2.35. The van der Waals surface area contributed by atoms with Gasteiger partial charge in [0.05, 0.1) is 10.5 Å². The van der Waals surface area contributed by atoms with Crippen LogP contribution in [0.1, 0.15) is 30.0 Å². The molecule has 1 heterocycles. The molecule has 1 aliphatic heterocycles. The van der Waals surface area contributed by atoms with Crippen molar-refractivity contribution in [2.75, 3.05) is 14.1 Å². The summed E-state index contributed by atoms with van der Waals surface area (Å²) in [6.45, 7) is 3.63. The molecule has 0 spiro atoms. The van der Waals surface area contributed by atoms with E-state index in [0.29, 0.717) is 24.0 Å². The van der Waals surface area contributed by atoms with E-state index in [9.17, 15) is 19.7 Å². The minimum absolute atomic E-state index is 0.101. The Morgan fingerprint density at radius 2 is 1.73 bits per heavy atom. The van der Waals surface area contributed by atoms with E-state index in [2.05, 4.69) is 0 Å². The number of nitrogens with zero attached hydrogens (tertiary/aromatic N) is 3. The van der Waals surface area contributed by atoms with Crippen LogP contribution < -0.4 is 0 Å². The van der Waals surface area contributed by atoms with E-state index in [4.69, 9.17) is 0 Å². The monoisotopic (exact) mass is 407 g/mol. The van der Waals surface area contributed by atoms with Crippen LogP contribution in [-0.2, 0) is 16.0 Å². The number of piperazine rings is 1. The second-order valence-electron chi connectivity index (χ2n) is 7.57. The van der Waals surface area contributed by atoms with Crippen LogP contribution in [-0.4, -0.2) is 46.2 Å². The Labute approximate surface area is 175 Å². The average Bonchev–Trinajstić information content (AvgIpc) is 2.74. The molecule has 1 atom stereocenters. The molecule has 7 heteroatoms. The van der Waals surface area contributed by atoms with Crippen molar-refractivity contribution in [1.29, 1.82) is 0 Å².